The summed E-state index contributed by atoms with van der Waals surface area (Å²) in [5.74, 6) is -0.561. The summed E-state index contributed by atoms with van der Waals surface area (Å²) in [6.07, 6.45) is 0. The molecule has 0 amide bonds. The Kier molecular flexibility index (Phi) is 4.25. The largest absolute Gasteiger partial charge is 0.502 e. The van der Waals surface area contributed by atoms with Gasteiger partial charge < -0.3 is 9.52 Å². The second-order valence-corrected chi connectivity index (χ2v) is 7.40. The zero-order valence-electron chi connectivity index (χ0n) is 13.4. The molecule has 4 rings (SSSR count). The topological polar surface area (TPSA) is 106 Å². The van der Waals surface area contributed by atoms with Gasteiger partial charge in [-0.1, -0.05) is 28.1 Å². The first-order valence-electron chi connectivity index (χ1n) is 7.59. The van der Waals surface area contributed by atoms with Crippen LogP contribution in [0.5, 0.6) is 5.75 Å². The maximum absolute atomic E-state index is 12.3. The second-order valence-electron chi connectivity index (χ2n) is 5.63. The van der Waals surface area contributed by atoms with Crippen LogP contribution in [0.15, 0.2) is 61.5 Å². The molecular formula is C18H9BrN2O5S. The third-order valence-electron chi connectivity index (χ3n) is 3.90. The van der Waals surface area contributed by atoms with Crippen LogP contribution in [0.3, 0.4) is 0 Å². The van der Waals surface area contributed by atoms with Gasteiger partial charge >= 0.3 is 11.3 Å². The van der Waals surface area contributed by atoms with E-state index >= 15 is 0 Å². The fourth-order valence-electron chi connectivity index (χ4n) is 2.59. The molecule has 0 aliphatic rings. The number of phenols is 1. The Morgan fingerprint density at radius 2 is 1.93 bits per heavy atom. The lowest BCUT2D eigenvalue weighted by molar-refractivity contribution is -0.385. The summed E-state index contributed by atoms with van der Waals surface area (Å²) < 4.78 is 6.16. The molecular weight excluding hydrogens is 436 g/mol. The Labute approximate surface area is 163 Å². The van der Waals surface area contributed by atoms with E-state index in [-0.39, 0.29) is 11.1 Å². The van der Waals surface area contributed by atoms with E-state index in [2.05, 4.69) is 20.9 Å². The normalized spacial score (nSPS) is 11.0. The molecule has 0 radical (unpaired) electrons. The minimum Gasteiger partial charge on any atom is -0.502 e. The van der Waals surface area contributed by atoms with Gasteiger partial charge in [-0.3, -0.25) is 10.1 Å². The summed E-state index contributed by atoms with van der Waals surface area (Å²) in [5.41, 5.74) is 0.487. The fourth-order valence-corrected chi connectivity index (χ4v) is 3.68. The highest BCUT2D eigenvalue weighted by Crippen LogP contribution is 2.33. The Morgan fingerprint density at radius 3 is 2.63 bits per heavy atom. The van der Waals surface area contributed by atoms with Crippen molar-refractivity contribution in [1.82, 2.24) is 4.98 Å². The van der Waals surface area contributed by atoms with Gasteiger partial charge in [-0.2, -0.15) is 0 Å². The maximum atomic E-state index is 12.3. The molecule has 0 bridgehead atoms. The number of aromatic hydroxyl groups is 1. The molecule has 2 aromatic heterocycles. The van der Waals surface area contributed by atoms with Crippen LogP contribution in [0, 0.1) is 10.1 Å². The van der Waals surface area contributed by atoms with Gasteiger partial charge in [0.2, 0.25) is 0 Å². The van der Waals surface area contributed by atoms with Crippen LogP contribution in [-0.4, -0.2) is 15.0 Å². The van der Waals surface area contributed by atoms with Crippen LogP contribution in [-0.2, 0) is 0 Å². The molecule has 134 valence electrons. The third-order valence-corrected chi connectivity index (χ3v) is 5.32. The highest BCUT2D eigenvalue weighted by Gasteiger charge is 2.18. The van der Waals surface area contributed by atoms with Crippen molar-refractivity contribution in [2.24, 2.45) is 0 Å². The average molecular weight is 445 g/mol. The van der Waals surface area contributed by atoms with E-state index in [1.165, 1.54) is 23.5 Å². The summed E-state index contributed by atoms with van der Waals surface area (Å²) in [6, 6.07) is 11.3. The lowest BCUT2D eigenvalue weighted by Gasteiger charge is -2.02. The van der Waals surface area contributed by atoms with Crippen molar-refractivity contribution in [3.63, 3.8) is 0 Å². The molecule has 7 nitrogen and oxygen atoms in total. The molecule has 0 atom stereocenters. The number of hydrogen-bond acceptors (Lipinski definition) is 7. The number of aromatic nitrogens is 1. The van der Waals surface area contributed by atoms with E-state index in [9.17, 15) is 20.0 Å². The Balaban J connectivity index is 1.83. The van der Waals surface area contributed by atoms with Crippen molar-refractivity contribution >= 4 is 43.9 Å². The molecule has 0 aliphatic carbocycles. The quantitative estimate of drug-likeness (QED) is 0.271. The van der Waals surface area contributed by atoms with Gasteiger partial charge in [0.05, 0.1) is 16.2 Å². The van der Waals surface area contributed by atoms with Crippen molar-refractivity contribution < 1.29 is 14.4 Å². The summed E-state index contributed by atoms with van der Waals surface area (Å²) in [4.78, 5) is 27.1. The van der Waals surface area contributed by atoms with Crippen molar-refractivity contribution in [1.29, 1.82) is 0 Å². The van der Waals surface area contributed by atoms with Crippen molar-refractivity contribution in [3.05, 3.63) is 72.9 Å². The van der Waals surface area contributed by atoms with E-state index in [0.717, 1.165) is 21.1 Å². The molecule has 4 aromatic rings. The van der Waals surface area contributed by atoms with Gasteiger partial charge in [-0.25, -0.2) is 9.78 Å². The number of nitrogens with zero attached hydrogens (tertiary/aromatic N) is 2. The number of rotatable bonds is 3. The molecule has 27 heavy (non-hydrogen) atoms. The fraction of sp³-hybridized carbons (Fsp3) is 0. The molecule has 2 aromatic carbocycles. The number of phenolic OH excluding ortho intramolecular Hbond substituents is 1. The standard InChI is InChI=1S/C18H9BrN2O5S/c19-11-3-1-9(2-4-11)17-20-13(8-27-17)12-5-10-6-14(21(24)25)15(22)7-16(10)26-18(12)23/h1-8,22H. The average Bonchev–Trinajstić information content (AvgIpc) is 3.11. The van der Waals surface area contributed by atoms with E-state index in [0.29, 0.717) is 11.1 Å². The van der Waals surface area contributed by atoms with Crippen LogP contribution < -0.4 is 5.63 Å². The van der Waals surface area contributed by atoms with Crippen LogP contribution in [0.1, 0.15) is 0 Å². The smallest absolute Gasteiger partial charge is 0.345 e. The number of thiazole rings is 1. The van der Waals surface area contributed by atoms with E-state index in [1.54, 1.807) is 5.38 Å². The van der Waals surface area contributed by atoms with E-state index in [4.69, 9.17) is 4.42 Å². The molecule has 2 heterocycles. The lowest BCUT2D eigenvalue weighted by Crippen LogP contribution is -2.03. The number of fused-ring (bicyclic) bond motifs is 1. The van der Waals surface area contributed by atoms with Crippen molar-refractivity contribution in [2.45, 2.75) is 0 Å². The first-order chi connectivity index (χ1) is 12.9. The van der Waals surface area contributed by atoms with Gasteiger partial charge in [0, 0.05) is 32.9 Å². The van der Waals surface area contributed by atoms with Gasteiger partial charge in [0.1, 0.15) is 10.6 Å². The van der Waals surface area contributed by atoms with Crippen LogP contribution in [0.25, 0.3) is 32.8 Å². The minimum absolute atomic E-state index is 0.0650. The SMILES string of the molecule is O=c1oc2cc(O)c([N+](=O)[O-])cc2cc1-c1csc(-c2ccc(Br)cc2)n1. The molecule has 1 N–H and O–H groups in total. The number of halogens is 1. The summed E-state index contributed by atoms with van der Waals surface area (Å²) >= 11 is 4.75. The molecule has 0 spiro atoms. The Morgan fingerprint density at radius 1 is 1.19 bits per heavy atom. The highest BCUT2D eigenvalue weighted by atomic mass is 79.9. The summed E-state index contributed by atoms with van der Waals surface area (Å²) in [6.45, 7) is 0. The van der Waals surface area contributed by atoms with Crippen molar-refractivity contribution in [2.75, 3.05) is 0 Å². The molecule has 0 aliphatic heterocycles. The zero-order chi connectivity index (χ0) is 19.1. The number of benzene rings is 2. The number of hydrogen-bond donors (Lipinski definition) is 1. The van der Waals surface area contributed by atoms with Crippen LogP contribution in [0.4, 0.5) is 5.69 Å². The van der Waals surface area contributed by atoms with Gasteiger partial charge in [0.25, 0.3) is 0 Å². The van der Waals surface area contributed by atoms with Crippen LogP contribution in [0.2, 0.25) is 0 Å². The lowest BCUT2D eigenvalue weighted by atomic mass is 10.1. The highest BCUT2D eigenvalue weighted by molar-refractivity contribution is 9.10. The first kappa shape index (κ1) is 17.4. The maximum Gasteiger partial charge on any atom is 0.345 e. The minimum atomic E-state index is -0.700. The van der Waals surface area contributed by atoms with E-state index in [1.807, 2.05) is 24.3 Å². The van der Waals surface area contributed by atoms with Crippen molar-refractivity contribution in [3.8, 4) is 27.6 Å². The van der Waals surface area contributed by atoms with Crippen LogP contribution >= 0.6 is 27.3 Å². The predicted octanol–water partition coefficient (Wildman–Crippen LogP) is 4.96. The zero-order valence-corrected chi connectivity index (χ0v) is 15.8. The summed E-state index contributed by atoms with van der Waals surface area (Å²) in [7, 11) is 0. The summed E-state index contributed by atoms with van der Waals surface area (Å²) in [5, 5.41) is 23.5. The van der Waals surface area contributed by atoms with Gasteiger partial charge in [0.15, 0.2) is 5.75 Å². The van der Waals surface area contributed by atoms with Gasteiger partial charge in [-0.05, 0) is 18.2 Å². The first-order valence-corrected chi connectivity index (χ1v) is 9.27. The molecule has 0 saturated heterocycles. The van der Waals surface area contributed by atoms with Gasteiger partial charge in [-0.15, -0.1) is 11.3 Å². The number of nitro benzene ring substituents is 1. The molecule has 0 fully saturated rings. The molecule has 0 unspecified atom stereocenters. The predicted molar refractivity (Wildman–Crippen MR) is 105 cm³/mol. The van der Waals surface area contributed by atoms with E-state index < -0.39 is 22.0 Å². The Bertz CT molecular complexity index is 1250. The monoisotopic (exact) mass is 444 g/mol. The Hall–Kier alpha value is -3.04. The molecule has 0 saturated carbocycles. The third kappa shape index (κ3) is 3.22. The molecule has 9 heteroatoms. The second kappa shape index (κ2) is 6.60. The number of nitro groups is 1.